The average Bonchev–Trinajstić information content (AvgIpc) is 2.55. The van der Waals surface area contributed by atoms with Crippen molar-refractivity contribution in [1.82, 2.24) is 9.80 Å². The van der Waals surface area contributed by atoms with Crippen LogP contribution in [0, 0.1) is 5.92 Å². The number of urea groups is 1. The molecule has 6 nitrogen and oxygen atoms in total. The van der Waals surface area contributed by atoms with Crippen LogP contribution in [0.1, 0.15) is 32.8 Å². The lowest BCUT2D eigenvalue weighted by Gasteiger charge is -2.36. The van der Waals surface area contributed by atoms with E-state index in [1.165, 1.54) is 0 Å². The van der Waals surface area contributed by atoms with E-state index in [9.17, 15) is 9.59 Å². The Kier molecular flexibility index (Phi) is 6.82. The lowest BCUT2D eigenvalue weighted by atomic mass is 10.0. The number of nitrogens with one attached hydrogen (secondary N) is 1. The first-order chi connectivity index (χ1) is 11.9. The van der Waals surface area contributed by atoms with E-state index in [2.05, 4.69) is 19.2 Å². The Hall–Kier alpha value is -2.08. The number of amides is 3. The molecule has 138 valence electrons. The number of rotatable bonds is 5. The zero-order valence-electron chi connectivity index (χ0n) is 15.6. The number of ether oxygens (including phenoxy) is 1. The number of morpholine rings is 1. The Morgan fingerprint density at radius 3 is 2.84 bits per heavy atom. The van der Waals surface area contributed by atoms with Crippen LogP contribution in [-0.2, 0) is 16.1 Å². The van der Waals surface area contributed by atoms with Gasteiger partial charge in [0.15, 0.2) is 0 Å². The maximum atomic E-state index is 12.7. The Morgan fingerprint density at radius 2 is 2.16 bits per heavy atom. The first-order valence-corrected chi connectivity index (χ1v) is 8.83. The topological polar surface area (TPSA) is 61.9 Å². The number of benzene rings is 1. The molecule has 1 aromatic rings. The zero-order valence-corrected chi connectivity index (χ0v) is 15.6. The minimum absolute atomic E-state index is 0.0132. The van der Waals surface area contributed by atoms with Crippen LogP contribution in [0.3, 0.4) is 0 Å². The molecule has 0 unspecified atom stereocenters. The number of hydrogen-bond acceptors (Lipinski definition) is 3. The molecule has 0 aliphatic carbocycles. The van der Waals surface area contributed by atoms with E-state index in [1.54, 1.807) is 18.9 Å². The molecule has 0 aromatic heterocycles. The molecular formula is C19H29N3O3. The molecule has 1 heterocycles. The highest BCUT2D eigenvalue weighted by atomic mass is 16.5. The molecule has 3 amide bonds. The Labute approximate surface area is 150 Å². The molecule has 1 aromatic carbocycles. The molecule has 1 aliphatic heterocycles. The van der Waals surface area contributed by atoms with E-state index in [0.29, 0.717) is 32.2 Å². The maximum Gasteiger partial charge on any atom is 0.322 e. The molecule has 25 heavy (non-hydrogen) atoms. The van der Waals surface area contributed by atoms with Crippen LogP contribution in [0.15, 0.2) is 24.3 Å². The van der Waals surface area contributed by atoms with Crippen molar-refractivity contribution < 1.29 is 14.3 Å². The van der Waals surface area contributed by atoms with Gasteiger partial charge in [-0.25, -0.2) is 4.79 Å². The standard InChI is InChI=1S/C19H29N3O3/c1-14(2)10-18-13-25-9-8-22(18)19(24)20-17-7-5-6-16(11-17)12-21(4)15(3)23/h5-7,11,14,18H,8-10,12-13H2,1-4H3,(H,20,24)/t18-/m0/s1. The van der Waals surface area contributed by atoms with Gasteiger partial charge in [0.1, 0.15) is 0 Å². The van der Waals surface area contributed by atoms with Crippen molar-refractivity contribution >= 4 is 17.6 Å². The van der Waals surface area contributed by atoms with E-state index in [4.69, 9.17) is 4.74 Å². The summed E-state index contributed by atoms with van der Waals surface area (Å²) in [6, 6.07) is 7.64. The highest BCUT2D eigenvalue weighted by Crippen LogP contribution is 2.18. The Bertz CT molecular complexity index is 603. The first-order valence-electron chi connectivity index (χ1n) is 8.83. The summed E-state index contributed by atoms with van der Waals surface area (Å²) >= 11 is 0. The average molecular weight is 347 g/mol. The van der Waals surface area contributed by atoms with Gasteiger partial charge in [0.05, 0.1) is 19.3 Å². The molecule has 2 rings (SSSR count). The fraction of sp³-hybridized carbons (Fsp3) is 0.579. The summed E-state index contributed by atoms with van der Waals surface area (Å²) in [5.41, 5.74) is 1.73. The third-order valence-electron chi connectivity index (χ3n) is 4.37. The second kappa shape index (κ2) is 8.85. The molecule has 6 heteroatoms. The van der Waals surface area contributed by atoms with Crippen LogP contribution in [0.25, 0.3) is 0 Å². The summed E-state index contributed by atoms with van der Waals surface area (Å²) in [6.07, 6.45) is 0.927. The lowest BCUT2D eigenvalue weighted by molar-refractivity contribution is -0.128. The van der Waals surface area contributed by atoms with Crippen molar-refractivity contribution in [3.8, 4) is 0 Å². The summed E-state index contributed by atoms with van der Waals surface area (Å²) in [5, 5.41) is 2.99. The molecule has 1 N–H and O–H groups in total. The summed E-state index contributed by atoms with van der Waals surface area (Å²) in [7, 11) is 1.76. The molecule has 0 spiro atoms. The summed E-state index contributed by atoms with van der Waals surface area (Å²) in [4.78, 5) is 27.6. The van der Waals surface area contributed by atoms with Gasteiger partial charge >= 0.3 is 6.03 Å². The molecule has 0 saturated carbocycles. The lowest BCUT2D eigenvalue weighted by Crippen LogP contribution is -2.50. The summed E-state index contributed by atoms with van der Waals surface area (Å²) < 4.78 is 5.54. The SMILES string of the molecule is CC(=O)N(C)Cc1cccc(NC(=O)N2CCOC[C@@H]2CC(C)C)c1. The molecule has 0 radical (unpaired) electrons. The maximum absolute atomic E-state index is 12.7. The van der Waals surface area contributed by atoms with Crippen molar-refractivity contribution in [3.63, 3.8) is 0 Å². The quantitative estimate of drug-likeness (QED) is 0.891. The number of hydrogen-bond donors (Lipinski definition) is 1. The van der Waals surface area contributed by atoms with Gasteiger partial charge in [-0.05, 0) is 30.0 Å². The third kappa shape index (κ3) is 5.74. The second-order valence-electron chi connectivity index (χ2n) is 7.06. The normalized spacial score (nSPS) is 17.5. The predicted octanol–water partition coefficient (Wildman–Crippen LogP) is 2.94. The third-order valence-corrected chi connectivity index (χ3v) is 4.37. The molecule has 1 aliphatic rings. The van der Waals surface area contributed by atoms with E-state index >= 15 is 0 Å². The van der Waals surface area contributed by atoms with Crippen molar-refractivity contribution in [3.05, 3.63) is 29.8 Å². The number of carbonyl (C=O) groups excluding carboxylic acids is 2. The van der Waals surface area contributed by atoms with Crippen molar-refractivity contribution in [1.29, 1.82) is 0 Å². The fourth-order valence-corrected chi connectivity index (χ4v) is 2.99. The van der Waals surface area contributed by atoms with E-state index in [1.807, 2.05) is 29.2 Å². The van der Waals surface area contributed by atoms with Gasteiger partial charge in [-0.3, -0.25) is 4.79 Å². The van der Waals surface area contributed by atoms with Crippen molar-refractivity contribution in [2.24, 2.45) is 5.92 Å². The minimum atomic E-state index is -0.0916. The zero-order chi connectivity index (χ0) is 18.4. The highest BCUT2D eigenvalue weighted by molar-refractivity contribution is 5.89. The van der Waals surface area contributed by atoms with Crippen LogP contribution in [0.5, 0.6) is 0 Å². The van der Waals surface area contributed by atoms with Crippen LogP contribution in [0.2, 0.25) is 0 Å². The summed E-state index contributed by atoms with van der Waals surface area (Å²) in [6.45, 7) is 8.14. The smallest absolute Gasteiger partial charge is 0.322 e. The number of carbonyl (C=O) groups is 2. The van der Waals surface area contributed by atoms with Gasteiger partial charge in [0, 0.05) is 32.7 Å². The van der Waals surface area contributed by atoms with Crippen LogP contribution in [0.4, 0.5) is 10.5 Å². The highest BCUT2D eigenvalue weighted by Gasteiger charge is 2.27. The second-order valence-corrected chi connectivity index (χ2v) is 7.06. The number of anilines is 1. The van der Waals surface area contributed by atoms with Gasteiger partial charge in [-0.15, -0.1) is 0 Å². The minimum Gasteiger partial charge on any atom is -0.377 e. The van der Waals surface area contributed by atoms with E-state index in [-0.39, 0.29) is 18.0 Å². The Morgan fingerprint density at radius 1 is 1.40 bits per heavy atom. The monoisotopic (exact) mass is 347 g/mol. The largest absolute Gasteiger partial charge is 0.377 e. The molecule has 0 bridgehead atoms. The predicted molar refractivity (Wildman–Crippen MR) is 98.4 cm³/mol. The van der Waals surface area contributed by atoms with Gasteiger partial charge in [-0.2, -0.15) is 0 Å². The van der Waals surface area contributed by atoms with Crippen molar-refractivity contribution in [2.45, 2.75) is 39.8 Å². The molecule has 1 saturated heterocycles. The van der Waals surface area contributed by atoms with Gasteiger partial charge in [-0.1, -0.05) is 26.0 Å². The fourth-order valence-electron chi connectivity index (χ4n) is 2.99. The van der Waals surface area contributed by atoms with Crippen LogP contribution < -0.4 is 5.32 Å². The first kappa shape index (κ1) is 19.2. The number of nitrogens with zero attached hydrogens (tertiary/aromatic N) is 2. The van der Waals surface area contributed by atoms with E-state index in [0.717, 1.165) is 17.7 Å². The van der Waals surface area contributed by atoms with Crippen LogP contribution in [-0.4, -0.2) is 54.6 Å². The molecular weight excluding hydrogens is 318 g/mol. The van der Waals surface area contributed by atoms with Gasteiger partial charge in [0.2, 0.25) is 5.91 Å². The Balaban J connectivity index is 2.02. The molecule has 1 atom stereocenters. The van der Waals surface area contributed by atoms with Gasteiger partial charge < -0.3 is 19.9 Å². The van der Waals surface area contributed by atoms with Crippen molar-refractivity contribution in [2.75, 3.05) is 32.1 Å². The van der Waals surface area contributed by atoms with E-state index < -0.39 is 0 Å². The van der Waals surface area contributed by atoms with Crippen LogP contribution >= 0.6 is 0 Å². The molecule has 1 fully saturated rings. The van der Waals surface area contributed by atoms with Gasteiger partial charge in [0.25, 0.3) is 0 Å². The summed E-state index contributed by atoms with van der Waals surface area (Å²) in [5.74, 6) is 0.520.